The number of carbonyl (C=O) groups is 1. The molecule has 0 spiro atoms. The summed E-state index contributed by atoms with van der Waals surface area (Å²) in [5, 5.41) is 8.71. The zero-order valence-corrected chi connectivity index (χ0v) is 12.7. The first kappa shape index (κ1) is 14.4. The predicted octanol–water partition coefficient (Wildman–Crippen LogP) is 3.47. The number of hydrogen-bond acceptors (Lipinski definition) is 3. The lowest BCUT2D eigenvalue weighted by atomic mass is 10.2. The SMILES string of the molecule is CC(C(=O)Nc1ccc(Cl)cc1)n1ncc2ccc(N)cc21. The first-order valence-corrected chi connectivity index (χ1v) is 7.21. The van der Waals surface area contributed by atoms with Crippen LogP contribution >= 0.6 is 11.6 Å². The van der Waals surface area contributed by atoms with Crippen LogP contribution in [-0.2, 0) is 4.79 Å². The Morgan fingerprint density at radius 1 is 1.27 bits per heavy atom. The molecule has 3 rings (SSSR count). The van der Waals surface area contributed by atoms with Crippen LogP contribution in [0.1, 0.15) is 13.0 Å². The van der Waals surface area contributed by atoms with Gasteiger partial charge in [-0.25, -0.2) is 0 Å². The monoisotopic (exact) mass is 314 g/mol. The number of aromatic nitrogens is 2. The van der Waals surface area contributed by atoms with Crippen LogP contribution in [0.2, 0.25) is 5.02 Å². The number of halogens is 1. The number of nitrogens with one attached hydrogen (secondary N) is 1. The number of nitrogen functional groups attached to an aromatic ring is 1. The summed E-state index contributed by atoms with van der Waals surface area (Å²) in [5.41, 5.74) is 7.97. The molecule has 0 saturated heterocycles. The standard InChI is InChI=1S/C16H15ClN4O/c1-10(16(22)20-14-6-3-12(17)4-7-14)21-15-8-13(18)5-2-11(15)9-19-21/h2-10H,18H2,1H3,(H,20,22). The normalized spacial score (nSPS) is 12.3. The molecule has 0 aliphatic rings. The summed E-state index contributed by atoms with van der Waals surface area (Å²) in [6.45, 7) is 1.79. The third kappa shape index (κ3) is 2.76. The molecule has 1 unspecified atom stereocenters. The molecule has 2 aromatic carbocycles. The van der Waals surface area contributed by atoms with Gasteiger partial charge in [0.15, 0.2) is 0 Å². The second kappa shape index (κ2) is 5.69. The molecule has 1 amide bonds. The fourth-order valence-electron chi connectivity index (χ4n) is 2.25. The summed E-state index contributed by atoms with van der Waals surface area (Å²) in [4.78, 5) is 12.4. The Kier molecular flexibility index (Phi) is 3.73. The molecule has 3 aromatic rings. The highest BCUT2D eigenvalue weighted by atomic mass is 35.5. The van der Waals surface area contributed by atoms with E-state index in [2.05, 4.69) is 10.4 Å². The average Bonchev–Trinajstić information content (AvgIpc) is 2.91. The molecule has 22 heavy (non-hydrogen) atoms. The van der Waals surface area contributed by atoms with Gasteiger partial charge in [0.25, 0.3) is 0 Å². The van der Waals surface area contributed by atoms with E-state index in [1.54, 1.807) is 42.1 Å². The Labute approximate surface area is 132 Å². The molecule has 3 N–H and O–H groups in total. The fraction of sp³-hybridized carbons (Fsp3) is 0.125. The van der Waals surface area contributed by atoms with E-state index in [1.807, 2.05) is 18.2 Å². The molecule has 0 fully saturated rings. The summed E-state index contributed by atoms with van der Waals surface area (Å²) in [6.07, 6.45) is 1.72. The molecule has 1 heterocycles. The van der Waals surface area contributed by atoms with Crippen LogP contribution in [0.5, 0.6) is 0 Å². The number of nitrogens with zero attached hydrogens (tertiary/aromatic N) is 2. The van der Waals surface area contributed by atoms with Crippen molar-refractivity contribution in [1.29, 1.82) is 0 Å². The number of benzene rings is 2. The van der Waals surface area contributed by atoms with Crippen LogP contribution in [-0.4, -0.2) is 15.7 Å². The largest absolute Gasteiger partial charge is 0.399 e. The van der Waals surface area contributed by atoms with E-state index in [9.17, 15) is 4.79 Å². The summed E-state index contributed by atoms with van der Waals surface area (Å²) in [7, 11) is 0. The predicted molar refractivity (Wildman–Crippen MR) is 88.9 cm³/mol. The van der Waals surface area contributed by atoms with Gasteiger partial charge in [-0.1, -0.05) is 11.6 Å². The molecule has 1 aromatic heterocycles. The maximum absolute atomic E-state index is 12.4. The first-order chi connectivity index (χ1) is 10.5. The van der Waals surface area contributed by atoms with Crippen LogP contribution in [0.4, 0.5) is 11.4 Å². The van der Waals surface area contributed by atoms with Gasteiger partial charge in [0.1, 0.15) is 6.04 Å². The quantitative estimate of drug-likeness (QED) is 0.727. The van der Waals surface area contributed by atoms with Gasteiger partial charge in [-0.15, -0.1) is 0 Å². The highest BCUT2D eigenvalue weighted by Gasteiger charge is 2.18. The van der Waals surface area contributed by atoms with Gasteiger partial charge in [0.05, 0.1) is 11.7 Å². The zero-order chi connectivity index (χ0) is 15.7. The van der Waals surface area contributed by atoms with Gasteiger partial charge >= 0.3 is 0 Å². The smallest absolute Gasteiger partial charge is 0.248 e. The Morgan fingerprint density at radius 2 is 2.00 bits per heavy atom. The summed E-state index contributed by atoms with van der Waals surface area (Å²) >= 11 is 5.83. The molecule has 0 aliphatic carbocycles. The minimum absolute atomic E-state index is 0.158. The van der Waals surface area contributed by atoms with Gasteiger partial charge in [0, 0.05) is 21.8 Å². The van der Waals surface area contributed by atoms with E-state index >= 15 is 0 Å². The number of amides is 1. The molecule has 0 radical (unpaired) electrons. The molecule has 0 saturated carbocycles. The summed E-state index contributed by atoms with van der Waals surface area (Å²) in [5.74, 6) is -0.158. The second-order valence-electron chi connectivity index (χ2n) is 5.08. The van der Waals surface area contributed by atoms with Crippen molar-refractivity contribution in [2.45, 2.75) is 13.0 Å². The van der Waals surface area contributed by atoms with Crippen molar-refractivity contribution in [2.24, 2.45) is 0 Å². The first-order valence-electron chi connectivity index (χ1n) is 6.84. The maximum atomic E-state index is 12.4. The Hall–Kier alpha value is -2.53. The molecular formula is C16H15ClN4O. The van der Waals surface area contributed by atoms with E-state index in [1.165, 1.54) is 0 Å². The van der Waals surface area contributed by atoms with E-state index in [4.69, 9.17) is 17.3 Å². The van der Waals surface area contributed by atoms with Crippen LogP contribution in [0.25, 0.3) is 10.9 Å². The van der Waals surface area contributed by atoms with E-state index in [-0.39, 0.29) is 5.91 Å². The topological polar surface area (TPSA) is 72.9 Å². The molecule has 0 aliphatic heterocycles. The zero-order valence-electron chi connectivity index (χ0n) is 12.0. The van der Waals surface area contributed by atoms with Crippen molar-refractivity contribution >= 4 is 39.8 Å². The Morgan fingerprint density at radius 3 is 2.73 bits per heavy atom. The molecule has 112 valence electrons. The van der Waals surface area contributed by atoms with Gasteiger partial charge in [0.2, 0.25) is 5.91 Å². The lowest BCUT2D eigenvalue weighted by Crippen LogP contribution is -2.24. The van der Waals surface area contributed by atoms with Crippen LogP contribution in [0.15, 0.2) is 48.7 Å². The summed E-state index contributed by atoms with van der Waals surface area (Å²) in [6, 6.07) is 12.0. The highest BCUT2D eigenvalue weighted by molar-refractivity contribution is 6.30. The minimum atomic E-state index is -0.463. The van der Waals surface area contributed by atoms with Crippen LogP contribution < -0.4 is 11.1 Å². The second-order valence-corrected chi connectivity index (χ2v) is 5.52. The molecular weight excluding hydrogens is 300 g/mol. The maximum Gasteiger partial charge on any atom is 0.248 e. The van der Waals surface area contributed by atoms with Gasteiger partial charge in [-0.2, -0.15) is 5.10 Å². The minimum Gasteiger partial charge on any atom is -0.399 e. The number of nitrogens with two attached hydrogens (primary N) is 1. The third-order valence-corrected chi connectivity index (χ3v) is 3.73. The number of hydrogen-bond donors (Lipinski definition) is 2. The van der Waals surface area contributed by atoms with E-state index < -0.39 is 6.04 Å². The highest BCUT2D eigenvalue weighted by Crippen LogP contribution is 2.21. The van der Waals surface area contributed by atoms with Gasteiger partial charge in [-0.3, -0.25) is 9.48 Å². The van der Waals surface area contributed by atoms with Crippen LogP contribution in [0.3, 0.4) is 0 Å². The lowest BCUT2D eigenvalue weighted by Gasteiger charge is -2.14. The average molecular weight is 315 g/mol. The van der Waals surface area contributed by atoms with Crippen molar-refractivity contribution in [3.63, 3.8) is 0 Å². The molecule has 0 bridgehead atoms. The van der Waals surface area contributed by atoms with Crippen LogP contribution in [0, 0.1) is 0 Å². The van der Waals surface area contributed by atoms with E-state index in [0.29, 0.717) is 16.4 Å². The van der Waals surface area contributed by atoms with E-state index in [0.717, 1.165) is 10.9 Å². The Balaban J connectivity index is 1.85. The molecule has 1 atom stereocenters. The van der Waals surface area contributed by atoms with Crippen molar-refractivity contribution in [1.82, 2.24) is 9.78 Å². The van der Waals surface area contributed by atoms with Gasteiger partial charge < -0.3 is 11.1 Å². The number of fused-ring (bicyclic) bond motifs is 1. The van der Waals surface area contributed by atoms with Crippen molar-refractivity contribution in [3.05, 3.63) is 53.7 Å². The third-order valence-electron chi connectivity index (χ3n) is 3.48. The number of anilines is 2. The molecule has 6 heteroatoms. The fourth-order valence-corrected chi connectivity index (χ4v) is 2.38. The summed E-state index contributed by atoms with van der Waals surface area (Å²) < 4.78 is 1.66. The lowest BCUT2D eigenvalue weighted by molar-refractivity contribution is -0.118. The number of rotatable bonds is 3. The van der Waals surface area contributed by atoms with Crippen molar-refractivity contribution in [3.8, 4) is 0 Å². The van der Waals surface area contributed by atoms with Gasteiger partial charge in [-0.05, 0) is 49.4 Å². The Bertz CT molecular complexity index is 826. The molecule has 5 nitrogen and oxygen atoms in total. The number of carbonyl (C=O) groups excluding carboxylic acids is 1. The van der Waals surface area contributed by atoms with Crippen molar-refractivity contribution in [2.75, 3.05) is 11.1 Å². The van der Waals surface area contributed by atoms with Crippen molar-refractivity contribution < 1.29 is 4.79 Å².